The molecule has 0 atom stereocenters. The van der Waals surface area contributed by atoms with E-state index in [1.54, 1.807) is 19.3 Å². The van der Waals surface area contributed by atoms with Crippen LogP contribution >= 0.6 is 0 Å². The maximum Gasteiger partial charge on any atom is 0.573 e. The Morgan fingerprint density at radius 2 is 1.72 bits per heavy atom. The molecule has 0 unspecified atom stereocenters. The van der Waals surface area contributed by atoms with E-state index in [0.717, 1.165) is 11.1 Å². The Bertz CT molecular complexity index is 1230. The lowest BCUT2D eigenvalue weighted by Crippen LogP contribution is -2.19. The van der Waals surface area contributed by atoms with Crippen LogP contribution < -0.4 is 10.3 Å². The second-order valence-corrected chi connectivity index (χ2v) is 6.45. The number of hydrogen-bond donors (Lipinski definition) is 1. The van der Waals surface area contributed by atoms with Gasteiger partial charge in [-0.05, 0) is 36.8 Å². The van der Waals surface area contributed by atoms with Gasteiger partial charge in [0, 0.05) is 23.5 Å². The van der Waals surface area contributed by atoms with E-state index in [1.165, 1.54) is 28.9 Å². The van der Waals surface area contributed by atoms with E-state index in [1.807, 2.05) is 18.2 Å². The van der Waals surface area contributed by atoms with Crippen LogP contribution in [0, 0.1) is 6.92 Å². The molecule has 2 heterocycles. The lowest BCUT2D eigenvalue weighted by atomic mass is 10.1. The average molecular weight is 400 g/mol. The molecule has 0 amide bonds. The second kappa shape index (κ2) is 7.08. The molecule has 0 fully saturated rings. The number of halogens is 3. The first-order chi connectivity index (χ1) is 13.8. The van der Waals surface area contributed by atoms with Gasteiger partial charge in [0.05, 0.1) is 23.3 Å². The Balaban J connectivity index is 1.62. The van der Waals surface area contributed by atoms with E-state index in [2.05, 4.69) is 19.8 Å². The van der Waals surface area contributed by atoms with Gasteiger partial charge in [-0.25, -0.2) is 4.68 Å². The molecule has 9 heteroatoms. The Kier molecular flexibility index (Phi) is 4.57. The first-order valence-electron chi connectivity index (χ1n) is 8.65. The standard InChI is InChI=1S/C20H15F3N4O2/c1-12-18(14-4-7-16-17(10-14)25-9-8-24-16)26-27(19(12)28)11-13-2-5-15(6-3-13)29-20(21,22)23/h2-10,26H,11H2,1H3. The maximum absolute atomic E-state index is 12.6. The van der Waals surface area contributed by atoms with Gasteiger partial charge < -0.3 is 4.74 Å². The predicted molar refractivity (Wildman–Crippen MR) is 101 cm³/mol. The number of nitrogens with zero attached hydrogens (tertiary/aromatic N) is 3. The molecule has 0 aliphatic heterocycles. The summed E-state index contributed by atoms with van der Waals surface area (Å²) in [6.07, 6.45) is -1.54. The number of alkyl halides is 3. The number of nitrogens with one attached hydrogen (secondary N) is 1. The minimum Gasteiger partial charge on any atom is -0.406 e. The Morgan fingerprint density at radius 1 is 1.03 bits per heavy atom. The topological polar surface area (TPSA) is 72.8 Å². The number of fused-ring (bicyclic) bond motifs is 1. The molecule has 0 radical (unpaired) electrons. The number of aromatic amines is 1. The number of ether oxygens (including phenoxy) is 1. The number of benzene rings is 2. The molecule has 4 aromatic rings. The molecular weight excluding hydrogens is 385 g/mol. The quantitative estimate of drug-likeness (QED) is 0.561. The van der Waals surface area contributed by atoms with Crippen molar-refractivity contribution in [2.45, 2.75) is 19.8 Å². The van der Waals surface area contributed by atoms with Crippen molar-refractivity contribution < 1.29 is 17.9 Å². The van der Waals surface area contributed by atoms with E-state index < -0.39 is 6.36 Å². The summed E-state index contributed by atoms with van der Waals surface area (Å²) in [5.74, 6) is -0.311. The molecule has 148 valence electrons. The maximum atomic E-state index is 12.6. The fraction of sp³-hybridized carbons (Fsp3) is 0.150. The zero-order valence-corrected chi connectivity index (χ0v) is 15.2. The van der Waals surface area contributed by atoms with Crippen molar-refractivity contribution in [2.24, 2.45) is 0 Å². The summed E-state index contributed by atoms with van der Waals surface area (Å²) >= 11 is 0. The molecule has 0 spiro atoms. The molecule has 0 saturated carbocycles. The van der Waals surface area contributed by atoms with Gasteiger partial charge in [0.25, 0.3) is 5.56 Å². The highest BCUT2D eigenvalue weighted by atomic mass is 19.4. The van der Waals surface area contributed by atoms with E-state index in [-0.39, 0.29) is 17.9 Å². The summed E-state index contributed by atoms with van der Waals surface area (Å²) in [6, 6.07) is 10.9. The first kappa shape index (κ1) is 18.7. The smallest absolute Gasteiger partial charge is 0.406 e. The van der Waals surface area contributed by atoms with Crippen LogP contribution in [0.3, 0.4) is 0 Å². The molecule has 2 aromatic carbocycles. The van der Waals surface area contributed by atoms with E-state index in [0.29, 0.717) is 22.3 Å². The predicted octanol–water partition coefficient (Wildman–Crippen LogP) is 4.04. The zero-order chi connectivity index (χ0) is 20.6. The summed E-state index contributed by atoms with van der Waals surface area (Å²) < 4.78 is 42.1. The molecule has 0 aliphatic carbocycles. The minimum atomic E-state index is -4.74. The van der Waals surface area contributed by atoms with Crippen molar-refractivity contribution in [1.29, 1.82) is 0 Å². The van der Waals surface area contributed by atoms with Gasteiger partial charge in [-0.1, -0.05) is 18.2 Å². The van der Waals surface area contributed by atoms with Crippen molar-refractivity contribution in [1.82, 2.24) is 19.7 Å². The number of rotatable bonds is 4. The third kappa shape index (κ3) is 3.98. The molecule has 29 heavy (non-hydrogen) atoms. The molecular formula is C20H15F3N4O2. The molecule has 0 bridgehead atoms. The highest BCUT2D eigenvalue weighted by Gasteiger charge is 2.30. The summed E-state index contributed by atoms with van der Waals surface area (Å²) in [5.41, 5.74) is 3.87. The van der Waals surface area contributed by atoms with Crippen LogP contribution in [0.4, 0.5) is 13.2 Å². The molecule has 4 rings (SSSR count). The van der Waals surface area contributed by atoms with Crippen molar-refractivity contribution in [3.8, 4) is 17.0 Å². The van der Waals surface area contributed by atoms with Gasteiger partial charge in [0.15, 0.2) is 0 Å². The van der Waals surface area contributed by atoms with E-state index in [4.69, 9.17) is 0 Å². The molecule has 6 nitrogen and oxygen atoms in total. The molecule has 0 saturated heterocycles. The Hall–Kier alpha value is -3.62. The number of hydrogen-bond acceptors (Lipinski definition) is 4. The van der Waals surface area contributed by atoms with Crippen molar-refractivity contribution in [3.05, 3.63) is 76.3 Å². The monoisotopic (exact) mass is 400 g/mol. The molecule has 2 aromatic heterocycles. The second-order valence-electron chi connectivity index (χ2n) is 6.45. The van der Waals surface area contributed by atoms with Gasteiger partial charge >= 0.3 is 6.36 Å². The van der Waals surface area contributed by atoms with Gasteiger partial charge in [0.1, 0.15) is 5.75 Å². The number of aromatic nitrogens is 4. The van der Waals surface area contributed by atoms with Crippen LogP contribution in [-0.4, -0.2) is 26.1 Å². The van der Waals surface area contributed by atoms with Gasteiger partial charge in [-0.3, -0.25) is 19.9 Å². The van der Waals surface area contributed by atoms with Gasteiger partial charge in [-0.2, -0.15) is 0 Å². The van der Waals surface area contributed by atoms with Gasteiger partial charge in [-0.15, -0.1) is 13.2 Å². The normalized spacial score (nSPS) is 11.7. The summed E-state index contributed by atoms with van der Waals surface area (Å²) in [4.78, 5) is 21.1. The van der Waals surface area contributed by atoms with E-state index >= 15 is 0 Å². The first-order valence-corrected chi connectivity index (χ1v) is 8.65. The SMILES string of the molecule is Cc1c(-c2ccc3nccnc3c2)[nH]n(Cc2ccc(OC(F)(F)F)cc2)c1=O. The largest absolute Gasteiger partial charge is 0.573 e. The van der Waals surface area contributed by atoms with Crippen LogP contribution in [0.5, 0.6) is 5.75 Å². The molecule has 0 aliphatic rings. The van der Waals surface area contributed by atoms with Crippen molar-refractivity contribution in [3.63, 3.8) is 0 Å². The fourth-order valence-corrected chi connectivity index (χ4v) is 3.07. The number of H-pyrrole nitrogens is 1. The van der Waals surface area contributed by atoms with Crippen LogP contribution in [0.15, 0.2) is 59.7 Å². The third-order valence-corrected chi connectivity index (χ3v) is 4.44. The summed E-state index contributed by atoms with van der Waals surface area (Å²) in [5, 5.41) is 3.08. The van der Waals surface area contributed by atoms with Crippen molar-refractivity contribution in [2.75, 3.05) is 0 Å². The van der Waals surface area contributed by atoms with Crippen LogP contribution in [0.2, 0.25) is 0 Å². The summed E-state index contributed by atoms with van der Waals surface area (Å²) in [7, 11) is 0. The zero-order valence-electron chi connectivity index (χ0n) is 15.2. The fourth-order valence-electron chi connectivity index (χ4n) is 3.07. The lowest BCUT2D eigenvalue weighted by Gasteiger charge is -2.09. The Morgan fingerprint density at radius 3 is 2.41 bits per heavy atom. The van der Waals surface area contributed by atoms with Gasteiger partial charge in [0.2, 0.25) is 0 Å². The third-order valence-electron chi connectivity index (χ3n) is 4.44. The Labute approximate surface area is 162 Å². The van der Waals surface area contributed by atoms with Crippen LogP contribution in [-0.2, 0) is 6.54 Å². The molecule has 1 N–H and O–H groups in total. The van der Waals surface area contributed by atoms with Crippen LogP contribution in [0.1, 0.15) is 11.1 Å². The average Bonchev–Trinajstić information content (AvgIpc) is 2.96. The minimum absolute atomic E-state index is 0.180. The van der Waals surface area contributed by atoms with E-state index in [9.17, 15) is 18.0 Å². The summed E-state index contributed by atoms with van der Waals surface area (Å²) in [6.45, 7) is 1.89. The lowest BCUT2D eigenvalue weighted by molar-refractivity contribution is -0.274. The van der Waals surface area contributed by atoms with Crippen LogP contribution in [0.25, 0.3) is 22.3 Å². The van der Waals surface area contributed by atoms with Crippen molar-refractivity contribution >= 4 is 11.0 Å². The highest BCUT2D eigenvalue weighted by Crippen LogP contribution is 2.24. The highest BCUT2D eigenvalue weighted by molar-refractivity contribution is 5.80.